The van der Waals surface area contributed by atoms with Crippen LogP contribution < -0.4 is 14.8 Å². The quantitative estimate of drug-likeness (QED) is 0.751. The van der Waals surface area contributed by atoms with Crippen molar-refractivity contribution in [3.05, 3.63) is 46.2 Å². The average molecular weight is 391 g/mol. The van der Waals surface area contributed by atoms with Gasteiger partial charge in [0.25, 0.3) is 0 Å². The van der Waals surface area contributed by atoms with Crippen molar-refractivity contribution in [3.8, 4) is 11.5 Å². The third kappa shape index (κ3) is 5.22. The number of rotatable bonds is 8. The Morgan fingerprint density at radius 1 is 1.22 bits per heavy atom. The summed E-state index contributed by atoms with van der Waals surface area (Å²) in [5.74, 6) is 1.29. The number of thiophene rings is 1. The molecule has 1 aliphatic rings. The van der Waals surface area contributed by atoms with Crippen molar-refractivity contribution in [2.45, 2.75) is 12.5 Å². The largest absolute Gasteiger partial charge is 0.493 e. The molecule has 0 bridgehead atoms. The molecule has 2 aromatic rings. The highest BCUT2D eigenvalue weighted by molar-refractivity contribution is 7.07. The van der Waals surface area contributed by atoms with Crippen molar-refractivity contribution < 1.29 is 19.0 Å². The lowest BCUT2D eigenvalue weighted by Gasteiger charge is -2.34. The summed E-state index contributed by atoms with van der Waals surface area (Å²) in [4.78, 5) is 14.9. The molecule has 1 aliphatic heterocycles. The maximum absolute atomic E-state index is 12.5. The minimum absolute atomic E-state index is 0.00397. The predicted molar refractivity (Wildman–Crippen MR) is 106 cm³/mol. The van der Waals surface area contributed by atoms with E-state index in [-0.39, 0.29) is 11.9 Å². The molecule has 3 rings (SSSR count). The first kappa shape index (κ1) is 19.7. The van der Waals surface area contributed by atoms with E-state index in [0.717, 1.165) is 31.9 Å². The van der Waals surface area contributed by atoms with Crippen molar-refractivity contribution in [1.29, 1.82) is 0 Å². The molecule has 0 unspecified atom stereocenters. The van der Waals surface area contributed by atoms with Gasteiger partial charge in [-0.3, -0.25) is 9.69 Å². The Balaban J connectivity index is 1.60. The van der Waals surface area contributed by atoms with E-state index in [1.165, 1.54) is 5.56 Å². The highest BCUT2D eigenvalue weighted by Gasteiger charge is 2.23. The number of ether oxygens (including phenoxy) is 3. The molecule has 1 saturated heterocycles. The van der Waals surface area contributed by atoms with Gasteiger partial charge in [0, 0.05) is 19.6 Å². The van der Waals surface area contributed by atoms with Crippen LogP contribution in [0.3, 0.4) is 0 Å². The fourth-order valence-electron chi connectivity index (χ4n) is 3.26. The van der Waals surface area contributed by atoms with Crippen LogP contribution in [0.1, 0.15) is 17.2 Å². The lowest BCUT2D eigenvalue weighted by atomic mass is 10.1. The second kappa shape index (κ2) is 9.73. The number of nitrogens with one attached hydrogen (secondary N) is 1. The number of nitrogens with zero attached hydrogens (tertiary/aromatic N) is 1. The minimum Gasteiger partial charge on any atom is -0.493 e. The van der Waals surface area contributed by atoms with Crippen molar-refractivity contribution in [2.24, 2.45) is 0 Å². The molecule has 6 nitrogen and oxygen atoms in total. The first-order valence-electron chi connectivity index (χ1n) is 9.02. The molecule has 1 atom stereocenters. The molecule has 0 spiro atoms. The van der Waals surface area contributed by atoms with Crippen molar-refractivity contribution >= 4 is 17.2 Å². The molecule has 0 saturated carbocycles. The van der Waals surface area contributed by atoms with E-state index in [0.29, 0.717) is 24.5 Å². The summed E-state index contributed by atoms with van der Waals surface area (Å²) >= 11 is 1.68. The molecule has 7 heteroatoms. The molecule has 2 heterocycles. The fraction of sp³-hybridized carbons (Fsp3) is 0.450. The Morgan fingerprint density at radius 3 is 2.67 bits per heavy atom. The Morgan fingerprint density at radius 2 is 2.00 bits per heavy atom. The number of hydrogen-bond donors (Lipinski definition) is 1. The van der Waals surface area contributed by atoms with E-state index in [4.69, 9.17) is 14.2 Å². The van der Waals surface area contributed by atoms with Gasteiger partial charge in [0.1, 0.15) is 0 Å². The first-order chi connectivity index (χ1) is 13.2. The molecule has 146 valence electrons. The number of carbonyl (C=O) groups excluding carboxylic acids is 1. The van der Waals surface area contributed by atoms with Crippen LogP contribution in [0.25, 0.3) is 0 Å². The second-order valence-corrected chi connectivity index (χ2v) is 7.17. The highest BCUT2D eigenvalue weighted by Crippen LogP contribution is 2.28. The lowest BCUT2D eigenvalue weighted by molar-refractivity contribution is -0.120. The standard InChI is InChI=1S/C20H26N2O4S/c1-24-18-4-3-15(11-19(18)25-2)12-20(23)21-13-17(16-5-10-27-14-16)22-6-8-26-9-7-22/h3-5,10-11,14,17H,6-9,12-13H2,1-2H3,(H,21,23)/t17-/m0/s1. The number of methoxy groups -OCH3 is 2. The van der Waals surface area contributed by atoms with Gasteiger partial charge >= 0.3 is 0 Å². The SMILES string of the molecule is COc1ccc(CC(=O)NC[C@@H](c2ccsc2)N2CCOCC2)cc1OC. The highest BCUT2D eigenvalue weighted by atomic mass is 32.1. The van der Waals surface area contributed by atoms with Gasteiger partial charge in [0.05, 0.1) is 39.9 Å². The van der Waals surface area contributed by atoms with Crippen LogP contribution in [0.4, 0.5) is 0 Å². The van der Waals surface area contributed by atoms with E-state index in [9.17, 15) is 4.79 Å². The maximum Gasteiger partial charge on any atom is 0.224 e. The Kier molecular flexibility index (Phi) is 7.09. The van der Waals surface area contributed by atoms with Crippen LogP contribution in [-0.2, 0) is 16.0 Å². The normalized spacial score (nSPS) is 15.9. The first-order valence-corrected chi connectivity index (χ1v) is 9.97. The Bertz CT molecular complexity index is 730. The molecule has 27 heavy (non-hydrogen) atoms. The van der Waals surface area contributed by atoms with Gasteiger partial charge in [-0.1, -0.05) is 6.07 Å². The molecular weight excluding hydrogens is 364 g/mol. The summed E-state index contributed by atoms with van der Waals surface area (Å²) in [7, 11) is 3.19. The van der Waals surface area contributed by atoms with Gasteiger partial charge < -0.3 is 19.5 Å². The smallest absolute Gasteiger partial charge is 0.224 e. The summed E-state index contributed by atoms with van der Waals surface area (Å²) in [5, 5.41) is 7.33. The van der Waals surface area contributed by atoms with E-state index in [1.54, 1.807) is 25.6 Å². The summed E-state index contributed by atoms with van der Waals surface area (Å²) in [5.41, 5.74) is 2.14. The number of morpholine rings is 1. The third-order valence-electron chi connectivity index (χ3n) is 4.72. The summed E-state index contributed by atoms with van der Waals surface area (Å²) < 4.78 is 16.0. The van der Waals surface area contributed by atoms with E-state index < -0.39 is 0 Å². The van der Waals surface area contributed by atoms with E-state index in [2.05, 4.69) is 27.0 Å². The predicted octanol–water partition coefficient (Wildman–Crippen LogP) is 2.50. The fourth-order valence-corrected chi connectivity index (χ4v) is 3.97. The molecule has 1 fully saturated rings. The molecule has 0 aliphatic carbocycles. The maximum atomic E-state index is 12.5. The number of hydrogen-bond acceptors (Lipinski definition) is 6. The van der Waals surface area contributed by atoms with Crippen LogP contribution >= 0.6 is 11.3 Å². The molecule has 1 amide bonds. The van der Waals surface area contributed by atoms with E-state index >= 15 is 0 Å². The van der Waals surface area contributed by atoms with Crippen molar-refractivity contribution in [3.63, 3.8) is 0 Å². The zero-order chi connectivity index (χ0) is 19.1. The summed E-state index contributed by atoms with van der Waals surface area (Å²) in [6, 6.07) is 7.86. The average Bonchev–Trinajstić information content (AvgIpc) is 3.23. The molecule has 1 aromatic heterocycles. The van der Waals surface area contributed by atoms with Gasteiger partial charge in [0.15, 0.2) is 11.5 Å². The van der Waals surface area contributed by atoms with E-state index in [1.807, 2.05) is 18.2 Å². The Labute approximate surface area is 164 Å². The second-order valence-electron chi connectivity index (χ2n) is 6.39. The Hall–Kier alpha value is -2.09. The number of carbonyl (C=O) groups is 1. The lowest BCUT2D eigenvalue weighted by Crippen LogP contribution is -2.43. The monoisotopic (exact) mass is 390 g/mol. The van der Waals surface area contributed by atoms with Crippen LogP contribution in [0.15, 0.2) is 35.0 Å². The molecule has 1 N–H and O–H groups in total. The topological polar surface area (TPSA) is 60.0 Å². The van der Waals surface area contributed by atoms with Crippen LogP contribution in [0, 0.1) is 0 Å². The van der Waals surface area contributed by atoms with Crippen LogP contribution in [0.2, 0.25) is 0 Å². The summed E-state index contributed by atoms with van der Waals surface area (Å²) in [6.45, 7) is 3.82. The third-order valence-corrected chi connectivity index (χ3v) is 5.42. The van der Waals surface area contributed by atoms with Gasteiger partial charge in [0.2, 0.25) is 5.91 Å². The minimum atomic E-state index is -0.00397. The van der Waals surface area contributed by atoms with Gasteiger partial charge in [-0.2, -0.15) is 11.3 Å². The number of benzene rings is 1. The van der Waals surface area contributed by atoms with Crippen molar-refractivity contribution in [1.82, 2.24) is 10.2 Å². The molecule has 0 radical (unpaired) electrons. The van der Waals surface area contributed by atoms with Crippen LogP contribution in [0.5, 0.6) is 11.5 Å². The molecule has 1 aromatic carbocycles. The van der Waals surface area contributed by atoms with Gasteiger partial charge in [-0.05, 0) is 40.1 Å². The summed E-state index contributed by atoms with van der Waals surface area (Å²) in [6.07, 6.45) is 0.305. The number of amides is 1. The zero-order valence-electron chi connectivity index (χ0n) is 15.8. The van der Waals surface area contributed by atoms with Gasteiger partial charge in [-0.15, -0.1) is 0 Å². The zero-order valence-corrected chi connectivity index (χ0v) is 16.6. The van der Waals surface area contributed by atoms with Crippen LogP contribution in [-0.4, -0.2) is 57.9 Å². The van der Waals surface area contributed by atoms with Gasteiger partial charge in [-0.25, -0.2) is 0 Å². The molecular formula is C20H26N2O4S. The van der Waals surface area contributed by atoms with Crippen molar-refractivity contribution in [2.75, 3.05) is 47.1 Å².